The Bertz CT molecular complexity index is 287. The number of hydrogen-bond donors (Lipinski definition) is 1. The summed E-state index contributed by atoms with van der Waals surface area (Å²) in [5, 5.41) is 8.81. The summed E-state index contributed by atoms with van der Waals surface area (Å²) in [7, 11) is 0. The molecule has 0 aliphatic heterocycles. The van der Waals surface area contributed by atoms with Crippen LogP contribution in [-0.4, -0.2) is 11.7 Å². The van der Waals surface area contributed by atoms with E-state index in [0.29, 0.717) is 12.5 Å². The lowest BCUT2D eigenvalue weighted by molar-refractivity contribution is 0.281. The third-order valence-corrected chi connectivity index (χ3v) is 2.22. The molecule has 1 atom stereocenters. The van der Waals surface area contributed by atoms with E-state index in [2.05, 4.69) is 18.2 Å². The molecule has 0 bridgehead atoms. The molecule has 0 saturated heterocycles. The molecule has 62 valence electrons. The fourth-order valence-electron chi connectivity index (χ4n) is 1.35. The molecule has 1 N–H and O–H groups in total. The van der Waals surface area contributed by atoms with Crippen LogP contribution >= 0.6 is 0 Å². The molecule has 1 unspecified atom stereocenters. The summed E-state index contributed by atoms with van der Waals surface area (Å²) in [5.74, 6) is 0.449. The third-order valence-electron chi connectivity index (χ3n) is 2.22. The Morgan fingerprint density at radius 2 is 2.08 bits per heavy atom. The van der Waals surface area contributed by atoms with E-state index in [9.17, 15) is 0 Å². The van der Waals surface area contributed by atoms with Crippen LogP contribution in [0, 0.1) is 5.92 Å². The Morgan fingerprint density at radius 1 is 1.33 bits per heavy atom. The maximum atomic E-state index is 8.81. The van der Waals surface area contributed by atoms with E-state index in [1.807, 2.05) is 18.2 Å². The zero-order valence-corrected chi connectivity index (χ0v) is 6.90. The number of hydrogen-bond acceptors (Lipinski definition) is 1. The van der Waals surface area contributed by atoms with Crippen LogP contribution in [0.5, 0.6) is 0 Å². The molecule has 1 fully saturated rings. The predicted molar refractivity (Wildman–Crippen MR) is 49.6 cm³/mol. The van der Waals surface area contributed by atoms with Crippen molar-refractivity contribution in [2.75, 3.05) is 6.61 Å². The van der Waals surface area contributed by atoms with Crippen LogP contribution in [0.15, 0.2) is 35.9 Å². The van der Waals surface area contributed by atoms with Crippen LogP contribution in [0.4, 0.5) is 0 Å². The van der Waals surface area contributed by atoms with Crippen LogP contribution in [0.25, 0.3) is 6.08 Å². The fourth-order valence-corrected chi connectivity index (χ4v) is 1.35. The maximum Gasteiger partial charge on any atom is 0.0499 e. The van der Waals surface area contributed by atoms with Crippen molar-refractivity contribution in [2.45, 2.75) is 6.42 Å². The van der Waals surface area contributed by atoms with Crippen molar-refractivity contribution in [2.24, 2.45) is 5.92 Å². The molecule has 12 heavy (non-hydrogen) atoms. The van der Waals surface area contributed by atoms with Crippen LogP contribution in [0.2, 0.25) is 0 Å². The predicted octanol–water partition coefficient (Wildman–Crippen LogP) is 2.08. The lowest BCUT2D eigenvalue weighted by atomic mass is 10.2. The smallest absolute Gasteiger partial charge is 0.0499 e. The van der Waals surface area contributed by atoms with E-state index in [-0.39, 0.29) is 0 Å². The average Bonchev–Trinajstić information content (AvgIpc) is 2.85. The summed E-state index contributed by atoms with van der Waals surface area (Å²) in [6, 6.07) is 10.2. The Labute approximate surface area is 72.4 Å². The largest absolute Gasteiger partial charge is 0.396 e. The van der Waals surface area contributed by atoms with Gasteiger partial charge in [0.1, 0.15) is 0 Å². The molecule has 0 amide bonds. The summed E-state index contributed by atoms with van der Waals surface area (Å²) in [4.78, 5) is 0. The molecule has 1 aromatic rings. The molecule has 0 spiro atoms. The zero-order chi connectivity index (χ0) is 8.39. The molecule has 1 aliphatic rings. The number of aliphatic hydroxyl groups is 1. The summed E-state index contributed by atoms with van der Waals surface area (Å²) < 4.78 is 0. The van der Waals surface area contributed by atoms with E-state index < -0.39 is 0 Å². The van der Waals surface area contributed by atoms with Crippen LogP contribution < -0.4 is 0 Å². The van der Waals surface area contributed by atoms with Crippen molar-refractivity contribution in [3.05, 3.63) is 41.5 Å². The minimum absolute atomic E-state index is 0.304. The summed E-state index contributed by atoms with van der Waals surface area (Å²) in [6.45, 7) is 0.304. The minimum Gasteiger partial charge on any atom is -0.396 e. The van der Waals surface area contributed by atoms with Gasteiger partial charge in [-0.1, -0.05) is 42.0 Å². The number of benzene rings is 1. The first-order valence-corrected chi connectivity index (χ1v) is 4.26. The van der Waals surface area contributed by atoms with E-state index in [4.69, 9.17) is 5.11 Å². The molecule has 0 radical (unpaired) electrons. The van der Waals surface area contributed by atoms with Gasteiger partial charge in [-0.05, 0) is 12.0 Å². The van der Waals surface area contributed by atoms with Gasteiger partial charge in [0, 0.05) is 12.5 Å². The monoisotopic (exact) mass is 160 g/mol. The second-order valence-corrected chi connectivity index (χ2v) is 3.21. The fraction of sp³-hybridized carbons (Fsp3) is 0.273. The van der Waals surface area contributed by atoms with Crippen molar-refractivity contribution in [1.82, 2.24) is 0 Å². The standard InChI is InChI=1S/C11H12O/c12-8-11-7-10(11)6-9-4-2-1-3-5-9/h1-6,11-12H,7-8H2/b10-6-. The molecule has 2 rings (SSSR count). The Kier molecular flexibility index (Phi) is 1.96. The Hall–Kier alpha value is -1.08. The van der Waals surface area contributed by atoms with Gasteiger partial charge in [-0.3, -0.25) is 0 Å². The highest BCUT2D eigenvalue weighted by Crippen LogP contribution is 2.38. The van der Waals surface area contributed by atoms with Gasteiger partial charge in [0.2, 0.25) is 0 Å². The summed E-state index contributed by atoms with van der Waals surface area (Å²) in [5.41, 5.74) is 2.62. The van der Waals surface area contributed by atoms with E-state index >= 15 is 0 Å². The first-order chi connectivity index (χ1) is 5.90. The highest BCUT2D eigenvalue weighted by molar-refractivity contribution is 5.57. The summed E-state index contributed by atoms with van der Waals surface area (Å²) >= 11 is 0. The van der Waals surface area contributed by atoms with Gasteiger partial charge in [-0.15, -0.1) is 0 Å². The molecular weight excluding hydrogens is 148 g/mol. The minimum atomic E-state index is 0.304. The molecule has 1 aromatic carbocycles. The third kappa shape index (κ3) is 1.56. The SMILES string of the molecule is OCC1C/C1=C/c1ccccc1. The van der Waals surface area contributed by atoms with Crippen molar-refractivity contribution in [1.29, 1.82) is 0 Å². The maximum absolute atomic E-state index is 8.81. The Balaban J connectivity index is 2.10. The van der Waals surface area contributed by atoms with Crippen molar-refractivity contribution < 1.29 is 5.11 Å². The van der Waals surface area contributed by atoms with Gasteiger partial charge in [0.25, 0.3) is 0 Å². The molecule has 1 nitrogen and oxygen atoms in total. The zero-order valence-electron chi connectivity index (χ0n) is 6.90. The normalized spacial score (nSPS) is 24.4. The summed E-state index contributed by atoms with van der Waals surface area (Å²) in [6.07, 6.45) is 3.24. The van der Waals surface area contributed by atoms with Crippen molar-refractivity contribution in [3.63, 3.8) is 0 Å². The molecule has 1 saturated carbocycles. The van der Waals surface area contributed by atoms with Gasteiger partial charge in [-0.2, -0.15) is 0 Å². The Morgan fingerprint density at radius 3 is 2.67 bits per heavy atom. The van der Waals surface area contributed by atoms with Crippen LogP contribution in [0.3, 0.4) is 0 Å². The first-order valence-electron chi connectivity index (χ1n) is 4.26. The van der Waals surface area contributed by atoms with Crippen LogP contribution in [-0.2, 0) is 0 Å². The van der Waals surface area contributed by atoms with Crippen molar-refractivity contribution >= 4 is 6.08 Å². The van der Waals surface area contributed by atoms with Crippen molar-refractivity contribution in [3.8, 4) is 0 Å². The molecular formula is C11H12O. The molecule has 0 aromatic heterocycles. The van der Waals surface area contributed by atoms with Gasteiger partial charge in [0.05, 0.1) is 0 Å². The lowest BCUT2D eigenvalue weighted by Crippen LogP contribution is -1.81. The highest BCUT2D eigenvalue weighted by Gasteiger charge is 2.27. The van der Waals surface area contributed by atoms with E-state index in [0.717, 1.165) is 6.42 Å². The number of rotatable bonds is 2. The van der Waals surface area contributed by atoms with Gasteiger partial charge >= 0.3 is 0 Å². The van der Waals surface area contributed by atoms with Gasteiger partial charge in [-0.25, -0.2) is 0 Å². The van der Waals surface area contributed by atoms with E-state index in [1.54, 1.807) is 0 Å². The quantitative estimate of drug-likeness (QED) is 0.702. The first kappa shape index (κ1) is 7.56. The molecule has 0 heterocycles. The molecule has 1 heteroatoms. The topological polar surface area (TPSA) is 20.2 Å². The highest BCUT2D eigenvalue weighted by atomic mass is 16.3. The lowest BCUT2D eigenvalue weighted by Gasteiger charge is -1.89. The van der Waals surface area contributed by atoms with E-state index in [1.165, 1.54) is 11.1 Å². The van der Waals surface area contributed by atoms with Crippen LogP contribution in [0.1, 0.15) is 12.0 Å². The van der Waals surface area contributed by atoms with Gasteiger partial charge < -0.3 is 5.11 Å². The molecule has 1 aliphatic carbocycles. The second-order valence-electron chi connectivity index (χ2n) is 3.21. The van der Waals surface area contributed by atoms with Gasteiger partial charge in [0.15, 0.2) is 0 Å². The second kappa shape index (κ2) is 3.11. The average molecular weight is 160 g/mol. The number of aliphatic hydroxyl groups excluding tert-OH is 1.